The van der Waals surface area contributed by atoms with Crippen LogP contribution in [-0.4, -0.2) is 59.7 Å². The Labute approximate surface area is 245 Å². The molecular weight excluding hydrogens is 532 g/mol. The van der Waals surface area contributed by atoms with Crippen LogP contribution in [0.4, 0.5) is 0 Å². The minimum absolute atomic E-state index is 0.0377. The summed E-state index contributed by atoms with van der Waals surface area (Å²) in [4.78, 5) is 40.4. The summed E-state index contributed by atoms with van der Waals surface area (Å²) in [6.07, 6.45) is 0.329. The molecule has 1 atom stereocenters. The molecule has 0 unspecified atom stereocenters. The number of hydrogen-bond acceptors (Lipinski definition) is 5. The van der Waals surface area contributed by atoms with Gasteiger partial charge < -0.3 is 25.2 Å². The van der Waals surface area contributed by atoms with Crippen molar-refractivity contribution < 1.29 is 29.3 Å². The summed E-state index contributed by atoms with van der Waals surface area (Å²) in [7, 11) is 1.59. The van der Waals surface area contributed by atoms with Crippen molar-refractivity contribution in [2.24, 2.45) is 0 Å². The van der Waals surface area contributed by atoms with Gasteiger partial charge in [0.15, 0.2) is 0 Å². The molecular formula is C34H34N2O6. The highest BCUT2D eigenvalue weighted by molar-refractivity contribution is 6.06. The number of aliphatic hydroxyl groups is 1. The summed E-state index contributed by atoms with van der Waals surface area (Å²) >= 11 is 0. The standard InChI is InChI=1S/C34H34N2O6/c1-42-26-17-15-24(16-18-26)19-21-36(22-20-32(38)39)34(41)30-14-8-6-12-28(30)27-11-5-7-13-29(27)33(40)35-31(23-37)25-9-3-2-4-10-25/h2-18,31,37H,19-23H2,1H3,(H,35,40)(H,38,39)/t31-/m0/s1. The molecule has 0 saturated heterocycles. The quantitative estimate of drug-likeness (QED) is 0.210. The fraction of sp³-hybridized carbons (Fsp3) is 0.206. The third-order valence-corrected chi connectivity index (χ3v) is 7.02. The van der Waals surface area contributed by atoms with Crippen molar-refractivity contribution in [2.45, 2.75) is 18.9 Å². The highest BCUT2D eigenvalue weighted by Gasteiger charge is 2.23. The third-order valence-electron chi connectivity index (χ3n) is 7.02. The minimum Gasteiger partial charge on any atom is -0.497 e. The van der Waals surface area contributed by atoms with E-state index in [1.54, 1.807) is 55.6 Å². The average Bonchev–Trinajstić information content (AvgIpc) is 3.03. The summed E-state index contributed by atoms with van der Waals surface area (Å²) in [5.41, 5.74) is 3.57. The van der Waals surface area contributed by atoms with Crippen LogP contribution in [0.3, 0.4) is 0 Å². The molecule has 2 amide bonds. The molecule has 0 saturated carbocycles. The van der Waals surface area contributed by atoms with Crippen LogP contribution in [0.5, 0.6) is 5.75 Å². The Morgan fingerprint density at radius 2 is 1.38 bits per heavy atom. The van der Waals surface area contributed by atoms with Gasteiger partial charge in [0.1, 0.15) is 5.75 Å². The zero-order valence-corrected chi connectivity index (χ0v) is 23.4. The van der Waals surface area contributed by atoms with E-state index < -0.39 is 17.9 Å². The van der Waals surface area contributed by atoms with Crippen LogP contribution in [0.25, 0.3) is 11.1 Å². The highest BCUT2D eigenvalue weighted by atomic mass is 16.5. The normalized spacial score (nSPS) is 11.4. The number of nitrogens with zero attached hydrogens (tertiary/aromatic N) is 1. The lowest BCUT2D eigenvalue weighted by atomic mass is 9.94. The van der Waals surface area contributed by atoms with E-state index >= 15 is 0 Å². The zero-order valence-electron chi connectivity index (χ0n) is 23.4. The van der Waals surface area contributed by atoms with Gasteiger partial charge in [-0.15, -0.1) is 0 Å². The number of rotatable bonds is 13. The summed E-state index contributed by atoms with van der Waals surface area (Å²) in [5.74, 6) is -0.987. The molecule has 216 valence electrons. The SMILES string of the molecule is COc1ccc(CCN(CCC(=O)O)C(=O)c2ccccc2-c2ccccc2C(=O)N[C@@H](CO)c2ccccc2)cc1. The Hall–Kier alpha value is -4.95. The number of ether oxygens (including phenoxy) is 1. The zero-order chi connectivity index (χ0) is 29.9. The summed E-state index contributed by atoms with van der Waals surface area (Å²) in [5, 5.41) is 22.2. The second kappa shape index (κ2) is 14.6. The lowest BCUT2D eigenvalue weighted by molar-refractivity contribution is -0.137. The number of carboxylic acids is 1. The molecule has 8 nitrogen and oxygen atoms in total. The van der Waals surface area contributed by atoms with E-state index in [2.05, 4.69) is 5.32 Å². The van der Waals surface area contributed by atoms with Gasteiger partial charge in [0, 0.05) is 24.2 Å². The fourth-order valence-electron chi connectivity index (χ4n) is 4.75. The molecule has 0 aliphatic heterocycles. The number of benzene rings is 4. The molecule has 0 aliphatic carbocycles. The van der Waals surface area contributed by atoms with Crippen LogP contribution in [0.1, 0.15) is 44.3 Å². The van der Waals surface area contributed by atoms with E-state index in [4.69, 9.17) is 4.74 Å². The highest BCUT2D eigenvalue weighted by Crippen LogP contribution is 2.29. The van der Waals surface area contributed by atoms with Gasteiger partial charge in [0.05, 0.1) is 26.2 Å². The first-order valence-electron chi connectivity index (χ1n) is 13.7. The Morgan fingerprint density at radius 1 is 0.786 bits per heavy atom. The van der Waals surface area contributed by atoms with Crippen LogP contribution in [0.2, 0.25) is 0 Å². The second-order valence-corrected chi connectivity index (χ2v) is 9.74. The van der Waals surface area contributed by atoms with Gasteiger partial charge in [-0.3, -0.25) is 14.4 Å². The molecule has 42 heavy (non-hydrogen) atoms. The number of aliphatic hydroxyl groups excluding tert-OH is 1. The molecule has 0 fully saturated rings. The van der Waals surface area contributed by atoms with Crippen molar-refractivity contribution in [3.63, 3.8) is 0 Å². The molecule has 0 bridgehead atoms. The first-order chi connectivity index (χ1) is 20.4. The van der Waals surface area contributed by atoms with Crippen molar-refractivity contribution in [1.82, 2.24) is 10.2 Å². The molecule has 8 heteroatoms. The van der Waals surface area contributed by atoms with Crippen molar-refractivity contribution in [3.8, 4) is 16.9 Å². The summed E-state index contributed by atoms with van der Waals surface area (Å²) in [6, 6.07) is 30.1. The van der Waals surface area contributed by atoms with E-state index in [9.17, 15) is 24.6 Å². The number of hydrogen-bond donors (Lipinski definition) is 3. The van der Waals surface area contributed by atoms with E-state index in [-0.39, 0.29) is 25.5 Å². The van der Waals surface area contributed by atoms with Gasteiger partial charge in [-0.05, 0) is 52.9 Å². The number of carbonyl (C=O) groups excluding carboxylic acids is 2. The monoisotopic (exact) mass is 566 g/mol. The fourth-order valence-corrected chi connectivity index (χ4v) is 4.75. The first-order valence-corrected chi connectivity index (χ1v) is 13.7. The smallest absolute Gasteiger partial charge is 0.305 e. The van der Waals surface area contributed by atoms with E-state index in [1.165, 1.54) is 4.90 Å². The van der Waals surface area contributed by atoms with Gasteiger partial charge >= 0.3 is 5.97 Å². The van der Waals surface area contributed by atoms with E-state index in [0.29, 0.717) is 35.2 Å². The lowest BCUT2D eigenvalue weighted by Crippen LogP contribution is -2.35. The number of carboxylic acid groups (broad SMARTS) is 1. The number of amides is 2. The molecule has 4 aromatic carbocycles. The molecule has 0 heterocycles. The molecule has 4 rings (SSSR count). The van der Waals surface area contributed by atoms with Crippen molar-refractivity contribution in [2.75, 3.05) is 26.8 Å². The predicted molar refractivity (Wildman–Crippen MR) is 160 cm³/mol. The molecule has 0 radical (unpaired) electrons. The topological polar surface area (TPSA) is 116 Å². The largest absolute Gasteiger partial charge is 0.497 e. The van der Waals surface area contributed by atoms with Crippen LogP contribution in [-0.2, 0) is 11.2 Å². The predicted octanol–water partition coefficient (Wildman–Crippen LogP) is 4.99. The maximum atomic E-state index is 13.9. The van der Waals surface area contributed by atoms with Gasteiger partial charge in [0.2, 0.25) is 0 Å². The number of methoxy groups -OCH3 is 1. The average molecular weight is 567 g/mol. The van der Waals surface area contributed by atoms with Crippen molar-refractivity contribution in [3.05, 3.63) is 125 Å². The van der Waals surface area contributed by atoms with E-state index in [1.807, 2.05) is 54.6 Å². The maximum Gasteiger partial charge on any atom is 0.305 e. The molecule has 0 aliphatic rings. The Morgan fingerprint density at radius 3 is 2.00 bits per heavy atom. The van der Waals surface area contributed by atoms with Crippen LogP contribution in [0.15, 0.2) is 103 Å². The number of nitrogens with one attached hydrogen (secondary N) is 1. The minimum atomic E-state index is -0.996. The summed E-state index contributed by atoms with van der Waals surface area (Å²) in [6.45, 7) is 0.0694. The molecule has 4 aromatic rings. The van der Waals surface area contributed by atoms with Crippen molar-refractivity contribution in [1.29, 1.82) is 0 Å². The van der Waals surface area contributed by atoms with Gasteiger partial charge in [0.25, 0.3) is 11.8 Å². The lowest BCUT2D eigenvalue weighted by Gasteiger charge is -2.24. The molecule has 0 spiro atoms. The van der Waals surface area contributed by atoms with Gasteiger partial charge in [-0.25, -0.2) is 0 Å². The maximum absolute atomic E-state index is 13.9. The Balaban J connectivity index is 1.62. The van der Waals surface area contributed by atoms with Crippen LogP contribution >= 0.6 is 0 Å². The third kappa shape index (κ3) is 7.62. The van der Waals surface area contributed by atoms with Crippen LogP contribution in [0, 0.1) is 0 Å². The van der Waals surface area contributed by atoms with E-state index in [0.717, 1.165) is 16.9 Å². The van der Waals surface area contributed by atoms with Crippen LogP contribution < -0.4 is 10.1 Å². The van der Waals surface area contributed by atoms with Gasteiger partial charge in [-0.2, -0.15) is 0 Å². The number of aliphatic carboxylic acids is 1. The molecule has 0 aromatic heterocycles. The van der Waals surface area contributed by atoms with Gasteiger partial charge in [-0.1, -0.05) is 78.9 Å². The van der Waals surface area contributed by atoms with Crippen molar-refractivity contribution >= 4 is 17.8 Å². The summed E-state index contributed by atoms with van der Waals surface area (Å²) < 4.78 is 5.22. The molecule has 3 N–H and O–H groups in total. The first kappa shape index (κ1) is 30.0. The Bertz CT molecular complexity index is 1500. The Kier molecular flexibility index (Phi) is 10.4. The second-order valence-electron chi connectivity index (χ2n) is 9.74. The number of carbonyl (C=O) groups is 3.